The van der Waals surface area contributed by atoms with Crippen LogP contribution in [-0.4, -0.2) is 61.9 Å². The minimum absolute atomic E-state index is 0.0419. The van der Waals surface area contributed by atoms with Gasteiger partial charge in [0.2, 0.25) is 0 Å². The van der Waals surface area contributed by atoms with Gasteiger partial charge in [0.1, 0.15) is 0 Å². The van der Waals surface area contributed by atoms with Crippen molar-refractivity contribution >= 4 is 34.4 Å². The molecule has 0 aliphatic carbocycles. The predicted octanol–water partition coefficient (Wildman–Crippen LogP) is 3.27. The van der Waals surface area contributed by atoms with Crippen molar-refractivity contribution in [1.29, 1.82) is 0 Å². The van der Waals surface area contributed by atoms with Crippen LogP contribution in [0.1, 0.15) is 19.4 Å². The average Bonchev–Trinajstić information content (AvgIpc) is 3.32. The zero-order valence-corrected chi connectivity index (χ0v) is 20.2. The molecule has 2 aromatic carbocycles. The maximum absolute atomic E-state index is 12.4. The maximum Gasteiger partial charge on any atom is 0.323 e. The van der Waals surface area contributed by atoms with Gasteiger partial charge in [0, 0.05) is 30.0 Å². The molecule has 2 aromatic heterocycles. The molecule has 0 saturated carbocycles. The number of amides is 2. The first kappa shape index (κ1) is 23.6. The Kier molecular flexibility index (Phi) is 6.74. The van der Waals surface area contributed by atoms with E-state index >= 15 is 0 Å². The first-order valence-electron chi connectivity index (χ1n) is 11.9. The van der Waals surface area contributed by atoms with Gasteiger partial charge in [-0.15, -0.1) is 5.10 Å². The fraction of sp³-hybridized carbons (Fsp3) is 0.320. The van der Waals surface area contributed by atoms with Crippen molar-refractivity contribution in [2.45, 2.75) is 33.0 Å². The number of ether oxygens (including phenoxy) is 1. The highest BCUT2D eigenvalue weighted by Gasteiger charge is 2.26. The van der Waals surface area contributed by atoms with Gasteiger partial charge in [-0.3, -0.25) is 0 Å². The summed E-state index contributed by atoms with van der Waals surface area (Å²) < 4.78 is 7.37. The lowest BCUT2D eigenvalue weighted by molar-refractivity contribution is 0.0987. The van der Waals surface area contributed by atoms with Crippen LogP contribution in [0.5, 0.6) is 0 Å². The molecule has 1 aliphatic heterocycles. The summed E-state index contributed by atoms with van der Waals surface area (Å²) in [6, 6.07) is 14.2. The van der Waals surface area contributed by atoms with Crippen molar-refractivity contribution in [3.63, 3.8) is 0 Å². The number of carbonyl (C=O) groups is 1. The molecule has 0 spiro atoms. The summed E-state index contributed by atoms with van der Waals surface area (Å²) in [7, 11) is 0. The summed E-state index contributed by atoms with van der Waals surface area (Å²) in [5.41, 5.74) is 4.22. The molecule has 0 bridgehead atoms. The molecule has 2 amide bonds. The van der Waals surface area contributed by atoms with E-state index in [1.807, 2.05) is 31.2 Å². The van der Waals surface area contributed by atoms with E-state index in [1.54, 1.807) is 28.9 Å². The number of anilines is 3. The third kappa shape index (κ3) is 4.83. The van der Waals surface area contributed by atoms with Crippen LogP contribution in [-0.2, 0) is 17.9 Å². The smallest absolute Gasteiger partial charge is 0.323 e. The van der Waals surface area contributed by atoms with Gasteiger partial charge in [-0.2, -0.15) is 0 Å². The zero-order valence-electron chi connectivity index (χ0n) is 20.2. The summed E-state index contributed by atoms with van der Waals surface area (Å²) in [6.07, 6.45) is 0. The Hall–Kier alpha value is -4.09. The second-order valence-electron chi connectivity index (χ2n) is 8.58. The van der Waals surface area contributed by atoms with Gasteiger partial charge in [0.05, 0.1) is 25.9 Å². The number of fused-ring (bicyclic) bond motifs is 1. The van der Waals surface area contributed by atoms with Crippen molar-refractivity contribution in [2.75, 3.05) is 35.3 Å². The largest absolute Gasteiger partial charge is 0.392 e. The Morgan fingerprint density at radius 2 is 1.78 bits per heavy atom. The van der Waals surface area contributed by atoms with Crippen molar-refractivity contribution in [3.8, 4) is 11.4 Å². The topological polar surface area (TPSA) is 130 Å². The van der Waals surface area contributed by atoms with Crippen LogP contribution in [0.2, 0.25) is 0 Å². The Balaban J connectivity index is 1.38. The second-order valence-corrected chi connectivity index (χ2v) is 8.58. The number of benzene rings is 2. The van der Waals surface area contributed by atoms with Crippen LogP contribution in [0.3, 0.4) is 0 Å². The van der Waals surface area contributed by atoms with Crippen molar-refractivity contribution in [2.24, 2.45) is 0 Å². The number of hydrogen-bond acceptors (Lipinski definition) is 8. The van der Waals surface area contributed by atoms with E-state index in [9.17, 15) is 4.79 Å². The summed E-state index contributed by atoms with van der Waals surface area (Å²) in [4.78, 5) is 24.2. The summed E-state index contributed by atoms with van der Waals surface area (Å²) in [5.74, 6) is 1.31. The number of carbonyl (C=O) groups excluding carboxylic acids is 1. The molecular weight excluding hydrogens is 460 g/mol. The number of morpholine rings is 1. The minimum atomic E-state index is -0.362. The number of aliphatic hydroxyl groups excluding tert-OH is 1. The van der Waals surface area contributed by atoms with E-state index in [0.717, 1.165) is 16.9 Å². The second kappa shape index (κ2) is 10.3. The molecule has 1 unspecified atom stereocenters. The molecule has 1 saturated heterocycles. The van der Waals surface area contributed by atoms with E-state index in [-0.39, 0.29) is 18.7 Å². The van der Waals surface area contributed by atoms with Gasteiger partial charge >= 0.3 is 6.03 Å². The van der Waals surface area contributed by atoms with Gasteiger partial charge < -0.3 is 25.4 Å². The molecule has 3 heterocycles. The lowest BCUT2D eigenvalue weighted by Gasteiger charge is -2.34. The van der Waals surface area contributed by atoms with Crippen molar-refractivity contribution < 1.29 is 14.6 Å². The number of urea groups is 1. The van der Waals surface area contributed by atoms with E-state index in [1.165, 1.54) is 0 Å². The van der Waals surface area contributed by atoms with Gasteiger partial charge in [-0.05, 0) is 55.8 Å². The quantitative estimate of drug-likeness (QED) is 0.377. The highest BCUT2D eigenvalue weighted by Crippen LogP contribution is 2.29. The van der Waals surface area contributed by atoms with Gasteiger partial charge in [-0.25, -0.2) is 19.4 Å². The normalized spacial score (nSPS) is 15.8. The molecule has 3 N–H and O–H groups in total. The number of nitrogens with zero attached hydrogens (tertiary/aromatic N) is 6. The number of rotatable bonds is 6. The average molecular weight is 489 g/mol. The van der Waals surface area contributed by atoms with E-state index in [4.69, 9.17) is 19.8 Å². The zero-order chi connectivity index (χ0) is 25.1. The van der Waals surface area contributed by atoms with Gasteiger partial charge in [0.15, 0.2) is 22.8 Å². The van der Waals surface area contributed by atoms with Crippen LogP contribution in [0, 0.1) is 0 Å². The highest BCUT2D eigenvalue weighted by atomic mass is 16.5. The summed E-state index contributed by atoms with van der Waals surface area (Å²) in [5, 5.41) is 23.4. The molecule has 186 valence electrons. The SMILES string of the molecule is CCn1nnc2c(N3CCOCC3C)nc(-c3ccc(NC(=O)Nc4ccc(CO)cc4)cc3)nc21. The lowest BCUT2D eigenvalue weighted by atomic mass is 10.2. The van der Waals surface area contributed by atoms with Crippen molar-refractivity contribution in [1.82, 2.24) is 25.0 Å². The third-order valence-corrected chi connectivity index (χ3v) is 6.08. The highest BCUT2D eigenvalue weighted by molar-refractivity contribution is 5.99. The number of aliphatic hydroxyl groups is 1. The van der Waals surface area contributed by atoms with Crippen LogP contribution >= 0.6 is 0 Å². The molecule has 1 atom stereocenters. The number of nitrogens with one attached hydrogen (secondary N) is 2. The monoisotopic (exact) mass is 488 g/mol. The summed E-state index contributed by atoms with van der Waals surface area (Å²) >= 11 is 0. The van der Waals surface area contributed by atoms with Crippen LogP contribution < -0.4 is 15.5 Å². The maximum atomic E-state index is 12.4. The van der Waals surface area contributed by atoms with Crippen LogP contribution in [0.25, 0.3) is 22.6 Å². The third-order valence-electron chi connectivity index (χ3n) is 6.08. The fourth-order valence-corrected chi connectivity index (χ4v) is 4.12. The minimum Gasteiger partial charge on any atom is -0.392 e. The Labute approximate surface area is 208 Å². The first-order valence-corrected chi connectivity index (χ1v) is 11.9. The van der Waals surface area contributed by atoms with Crippen LogP contribution in [0.15, 0.2) is 48.5 Å². The molecule has 11 nitrogen and oxygen atoms in total. The number of hydrogen-bond donors (Lipinski definition) is 3. The molecular formula is C25H28N8O3. The number of aryl methyl sites for hydroxylation is 1. The molecule has 4 aromatic rings. The summed E-state index contributed by atoms with van der Waals surface area (Å²) in [6.45, 7) is 6.67. The Morgan fingerprint density at radius 1 is 1.08 bits per heavy atom. The Bertz CT molecular complexity index is 1350. The predicted molar refractivity (Wildman–Crippen MR) is 137 cm³/mol. The van der Waals surface area contributed by atoms with E-state index in [0.29, 0.717) is 54.7 Å². The van der Waals surface area contributed by atoms with Crippen molar-refractivity contribution in [3.05, 3.63) is 54.1 Å². The van der Waals surface area contributed by atoms with Crippen LogP contribution in [0.4, 0.5) is 22.0 Å². The van der Waals surface area contributed by atoms with Gasteiger partial charge in [-0.1, -0.05) is 17.3 Å². The van der Waals surface area contributed by atoms with E-state index < -0.39 is 0 Å². The molecule has 1 aliphatic rings. The molecule has 5 rings (SSSR count). The molecule has 11 heteroatoms. The van der Waals surface area contributed by atoms with E-state index in [2.05, 4.69) is 32.8 Å². The lowest BCUT2D eigenvalue weighted by Crippen LogP contribution is -2.44. The van der Waals surface area contributed by atoms with Gasteiger partial charge in [0.25, 0.3) is 0 Å². The molecule has 0 radical (unpaired) electrons. The fourth-order valence-electron chi connectivity index (χ4n) is 4.12. The molecule has 1 fully saturated rings. The standard InChI is InChI=1S/C25H28N8O3/c1-3-33-24-21(30-31-33)23(32-12-13-36-15-16(32)2)28-22(29-24)18-6-10-20(11-7-18)27-25(35)26-19-8-4-17(14-34)5-9-19/h4-11,16,34H,3,12-15H2,1-2H3,(H2,26,27,35). The molecule has 36 heavy (non-hydrogen) atoms. The number of aromatic nitrogens is 5. The Morgan fingerprint density at radius 3 is 2.42 bits per heavy atom. The first-order chi connectivity index (χ1) is 17.6.